The van der Waals surface area contributed by atoms with Crippen molar-refractivity contribution in [3.63, 3.8) is 0 Å². The number of amides is 2. The van der Waals surface area contributed by atoms with E-state index >= 15 is 0 Å². The maximum atomic E-state index is 12.7. The van der Waals surface area contributed by atoms with Crippen molar-refractivity contribution >= 4 is 11.8 Å². The number of carbonyl (C=O) groups excluding carboxylic acids is 2. The number of benzene rings is 1. The normalized spacial score (nSPS) is 24.4. The van der Waals surface area contributed by atoms with Crippen LogP contribution in [0.4, 0.5) is 0 Å². The first-order chi connectivity index (χ1) is 12.1. The predicted octanol–water partition coefficient (Wildman–Crippen LogP) is 0.801. The molecule has 2 unspecified atom stereocenters. The summed E-state index contributed by atoms with van der Waals surface area (Å²) in [5.41, 5.74) is 1.10. The number of hydrogen-bond donors (Lipinski definition) is 1. The molecule has 3 aliphatic rings. The van der Waals surface area contributed by atoms with E-state index in [1.54, 1.807) is 0 Å². The molecule has 0 radical (unpaired) electrons. The minimum Gasteiger partial charge on any atom is -0.480 e. The second-order valence-electron chi connectivity index (χ2n) is 7.24. The fourth-order valence-corrected chi connectivity index (χ4v) is 3.57. The molecule has 0 aromatic heterocycles. The van der Waals surface area contributed by atoms with Crippen LogP contribution in [0.3, 0.4) is 0 Å². The molecule has 2 aliphatic heterocycles. The predicted molar refractivity (Wildman–Crippen MR) is 93.3 cm³/mol. The highest BCUT2D eigenvalue weighted by Gasteiger charge is 2.35. The fourth-order valence-electron chi connectivity index (χ4n) is 3.57. The monoisotopic (exact) mass is 343 g/mol. The topological polar surface area (TPSA) is 61.9 Å². The number of rotatable bonds is 4. The largest absolute Gasteiger partial charge is 0.480 e. The lowest BCUT2D eigenvalue weighted by molar-refractivity contribution is -0.140. The number of carbonyl (C=O) groups is 2. The summed E-state index contributed by atoms with van der Waals surface area (Å²) >= 11 is 0. The van der Waals surface area contributed by atoms with Crippen molar-refractivity contribution < 1.29 is 14.3 Å². The van der Waals surface area contributed by atoms with Crippen molar-refractivity contribution in [2.45, 2.75) is 44.4 Å². The first kappa shape index (κ1) is 16.4. The van der Waals surface area contributed by atoms with Crippen LogP contribution >= 0.6 is 0 Å². The van der Waals surface area contributed by atoms with Crippen LogP contribution in [0.25, 0.3) is 0 Å². The third-order valence-electron chi connectivity index (χ3n) is 5.40. The minimum absolute atomic E-state index is 0.0611. The van der Waals surface area contributed by atoms with Crippen molar-refractivity contribution in [2.75, 3.05) is 26.2 Å². The highest BCUT2D eigenvalue weighted by atomic mass is 16.5. The van der Waals surface area contributed by atoms with Gasteiger partial charge in [-0.25, -0.2) is 0 Å². The van der Waals surface area contributed by atoms with E-state index in [0.29, 0.717) is 25.6 Å². The molecule has 0 bridgehead atoms. The summed E-state index contributed by atoms with van der Waals surface area (Å²) < 4.78 is 5.82. The van der Waals surface area contributed by atoms with E-state index in [1.165, 1.54) is 0 Å². The summed E-state index contributed by atoms with van der Waals surface area (Å²) in [5, 5.41) is 3.06. The van der Waals surface area contributed by atoms with Gasteiger partial charge in [0.1, 0.15) is 5.75 Å². The second-order valence-corrected chi connectivity index (χ2v) is 7.24. The first-order valence-corrected chi connectivity index (χ1v) is 9.19. The van der Waals surface area contributed by atoms with E-state index in [1.807, 2.05) is 36.1 Å². The van der Waals surface area contributed by atoms with Gasteiger partial charge in [0.05, 0.1) is 6.04 Å². The number of piperazine rings is 1. The molecule has 2 fully saturated rings. The average Bonchev–Trinajstić information content (AvgIpc) is 3.35. The van der Waals surface area contributed by atoms with Crippen molar-refractivity contribution in [2.24, 2.45) is 0 Å². The number of para-hydroxylation sites is 1. The molecule has 1 aromatic carbocycles. The molecule has 1 N–H and O–H groups in total. The van der Waals surface area contributed by atoms with Gasteiger partial charge in [0.15, 0.2) is 6.10 Å². The zero-order valence-electron chi connectivity index (χ0n) is 14.6. The lowest BCUT2D eigenvalue weighted by atomic mass is 10.1. The molecular weight excluding hydrogens is 318 g/mol. The standard InChI is InChI=1S/C19H25N3O3/c1-13(18(23)20-15-6-7-15)21-8-10-22(11-9-21)19(24)17-12-14-4-2-3-5-16(14)25-17/h2-5,13,15,17H,6-12H2,1H3,(H,20,23). The fraction of sp³-hybridized carbons (Fsp3) is 0.579. The summed E-state index contributed by atoms with van der Waals surface area (Å²) in [5.74, 6) is 0.993. The van der Waals surface area contributed by atoms with Gasteiger partial charge in [0.25, 0.3) is 5.91 Å². The Morgan fingerprint density at radius 1 is 1.16 bits per heavy atom. The van der Waals surface area contributed by atoms with Crippen molar-refractivity contribution in [1.82, 2.24) is 15.1 Å². The maximum Gasteiger partial charge on any atom is 0.264 e. The molecule has 0 spiro atoms. The van der Waals surface area contributed by atoms with Crippen LogP contribution in [-0.2, 0) is 16.0 Å². The third-order valence-corrected chi connectivity index (χ3v) is 5.40. The second kappa shape index (κ2) is 6.67. The number of nitrogens with zero attached hydrogens (tertiary/aromatic N) is 2. The van der Waals surface area contributed by atoms with E-state index in [9.17, 15) is 9.59 Å². The van der Waals surface area contributed by atoms with Crippen molar-refractivity contribution in [3.05, 3.63) is 29.8 Å². The summed E-state index contributed by atoms with van der Waals surface area (Å²) in [6, 6.07) is 8.09. The molecule has 2 heterocycles. The molecule has 6 nitrogen and oxygen atoms in total. The van der Waals surface area contributed by atoms with Gasteiger partial charge in [-0.1, -0.05) is 18.2 Å². The Bertz CT molecular complexity index is 641. The van der Waals surface area contributed by atoms with Crippen LogP contribution in [0, 0.1) is 0 Å². The smallest absolute Gasteiger partial charge is 0.264 e. The van der Waals surface area contributed by atoms with Gasteiger partial charge in [-0.15, -0.1) is 0 Å². The Labute approximate surface area is 148 Å². The Balaban J connectivity index is 1.28. The van der Waals surface area contributed by atoms with Crippen LogP contribution in [0.15, 0.2) is 24.3 Å². The van der Waals surface area contributed by atoms with Crippen LogP contribution in [0.2, 0.25) is 0 Å². The first-order valence-electron chi connectivity index (χ1n) is 9.19. The highest BCUT2D eigenvalue weighted by Crippen LogP contribution is 2.29. The molecule has 25 heavy (non-hydrogen) atoms. The number of fused-ring (bicyclic) bond motifs is 1. The van der Waals surface area contributed by atoms with Gasteiger partial charge in [-0.05, 0) is 31.4 Å². The quantitative estimate of drug-likeness (QED) is 0.879. The molecule has 1 saturated heterocycles. The van der Waals surface area contributed by atoms with Crippen LogP contribution in [-0.4, -0.2) is 66.0 Å². The van der Waals surface area contributed by atoms with Gasteiger partial charge in [-0.2, -0.15) is 0 Å². The Morgan fingerprint density at radius 2 is 1.88 bits per heavy atom. The molecule has 1 aromatic rings. The van der Waals surface area contributed by atoms with Gasteiger partial charge in [-0.3, -0.25) is 14.5 Å². The Morgan fingerprint density at radius 3 is 2.56 bits per heavy atom. The van der Waals surface area contributed by atoms with E-state index in [2.05, 4.69) is 10.2 Å². The number of nitrogens with one attached hydrogen (secondary N) is 1. The lowest BCUT2D eigenvalue weighted by Crippen LogP contribution is -2.56. The maximum absolute atomic E-state index is 12.7. The summed E-state index contributed by atoms with van der Waals surface area (Å²) in [4.78, 5) is 29.0. The molecule has 1 aliphatic carbocycles. The molecular formula is C19H25N3O3. The van der Waals surface area contributed by atoms with E-state index in [-0.39, 0.29) is 17.9 Å². The Kier molecular flexibility index (Phi) is 4.37. The SMILES string of the molecule is CC(C(=O)NC1CC1)N1CCN(C(=O)C2Cc3ccccc3O2)CC1. The Hall–Kier alpha value is -2.08. The number of ether oxygens (including phenoxy) is 1. The summed E-state index contributed by atoms with van der Waals surface area (Å²) in [7, 11) is 0. The zero-order chi connectivity index (χ0) is 17.4. The zero-order valence-corrected chi connectivity index (χ0v) is 14.6. The molecule has 4 rings (SSSR count). The third kappa shape index (κ3) is 3.49. The molecule has 2 atom stereocenters. The van der Waals surface area contributed by atoms with Gasteiger partial charge in [0.2, 0.25) is 5.91 Å². The highest BCUT2D eigenvalue weighted by molar-refractivity contribution is 5.83. The molecule has 1 saturated carbocycles. The van der Waals surface area contributed by atoms with E-state index in [4.69, 9.17) is 4.74 Å². The van der Waals surface area contributed by atoms with Crippen LogP contribution in [0.5, 0.6) is 5.75 Å². The summed E-state index contributed by atoms with van der Waals surface area (Å²) in [6.45, 7) is 4.70. The van der Waals surface area contributed by atoms with Crippen molar-refractivity contribution in [3.8, 4) is 5.75 Å². The number of hydrogen-bond acceptors (Lipinski definition) is 4. The minimum atomic E-state index is -0.403. The van der Waals surface area contributed by atoms with Crippen LogP contribution in [0.1, 0.15) is 25.3 Å². The molecule has 134 valence electrons. The van der Waals surface area contributed by atoms with E-state index < -0.39 is 6.10 Å². The molecule has 2 amide bonds. The van der Waals surface area contributed by atoms with Gasteiger partial charge < -0.3 is 15.0 Å². The van der Waals surface area contributed by atoms with Crippen molar-refractivity contribution in [1.29, 1.82) is 0 Å². The summed E-state index contributed by atoms with van der Waals surface area (Å²) in [6.07, 6.45) is 2.45. The molecule has 6 heteroatoms. The van der Waals surface area contributed by atoms with Crippen LogP contribution < -0.4 is 10.1 Å². The van der Waals surface area contributed by atoms with Gasteiger partial charge in [0, 0.05) is 38.6 Å². The lowest BCUT2D eigenvalue weighted by Gasteiger charge is -2.38. The average molecular weight is 343 g/mol. The van der Waals surface area contributed by atoms with E-state index in [0.717, 1.165) is 37.2 Å². The van der Waals surface area contributed by atoms with Gasteiger partial charge >= 0.3 is 0 Å².